The monoisotopic (exact) mass is 504 g/mol. The van der Waals surface area contributed by atoms with Gasteiger partial charge in [-0.3, -0.25) is 4.79 Å². The number of nitrogens with one attached hydrogen (secondary N) is 1. The molecule has 0 bridgehead atoms. The highest BCUT2D eigenvalue weighted by atomic mass is 32.1. The number of amides is 1. The number of ether oxygens (including phenoxy) is 2. The number of benzene rings is 2. The molecule has 4 rings (SSSR count). The maximum atomic E-state index is 14.0. The molecule has 2 aromatic carbocycles. The molecule has 1 amide bonds. The summed E-state index contributed by atoms with van der Waals surface area (Å²) < 4.78 is 25.0. The van der Waals surface area contributed by atoms with Crippen LogP contribution in [-0.4, -0.2) is 18.5 Å². The first-order chi connectivity index (χ1) is 17.5. The third kappa shape index (κ3) is 5.64. The fourth-order valence-electron chi connectivity index (χ4n) is 4.05. The summed E-state index contributed by atoms with van der Waals surface area (Å²) in [5.74, 6) is -1.08. The maximum Gasteiger partial charge on any atom is 0.341 e. The number of hydrogen-bond acceptors (Lipinski definition) is 6. The van der Waals surface area contributed by atoms with Crippen molar-refractivity contribution in [1.29, 1.82) is 5.26 Å². The smallest absolute Gasteiger partial charge is 0.341 e. The first-order valence-corrected chi connectivity index (χ1v) is 12.5. The Labute approximate surface area is 213 Å². The number of aryl methyl sites for hydroxylation is 1. The standard InChI is InChI=1S/C28H25FN2O4S/c1-2-34-28(33)25-21-11-5-8-14-24(21)36-27(25)31-26(32)20(16-30)15-18-9-4-7-13-23(18)35-17-19-10-3-6-12-22(19)29/h3-4,6-7,9-10,12-13,15H,2,5,8,11,14,17H2,1H3,(H,31,32). The Bertz CT molecular complexity index is 1360. The fraction of sp³-hybridized carbons (Fsp3) is 0.250. The van der Waals surface area contributed by atoms with E-state index in [0.717, 1.165) is 36.1 Å². The van der Waals surface area contributed by atoms with Gasteiger partial charge < -0.3 is 14.8 Å². The molecule has 184 valence electrons. The van der Waals surface area contributed by atoms with Gasteiger partial charge in [0.2, 0.25) is 0 Å². The Morgan fingerprint density at radius 2 is 1.89 bits per heavy atom. The summed E-state index contributed by atoms with van der Waals surface area (Å²) in [6.07, 6.45) is 5.01. The molecule has 36 heavy (non-hydrogen) atoms. The molecule has 8 heteroatoms. The van der Waals surface area contributed by atoms with E-state index in [1.54, 1.807) is 49.4 Å². The second-order valence-corrected chi connectivity index (χ2v) is 9.28. The van der Waals surface area contributed by atoms with Crippen LogP contribution >= 0.6 is 11.3 Å². The van der Waals surface area contributed by atoms with E-state index in [9.17, 15) is 19.2 Å². The zero-order chi connectivity index (χ0) is 25.5. The Balaban J connectivity index is 1.58. The fourth-order valence-corrected chi connectivity index (χ4v) is 5.32. The molecule has 1 aromatic heterocycles. The molecule has 0 atom stereocenters. The molecular formula is C28H25FN2O4S. The zero-order valence-electron chi connectivity index (χ0n) is 19.8. The van der Waals surface area contributed by atoms with Crippen molar-refractivity contribution in [1.82, 2.24) is 0 Å². The highest BCUT2D eigenvalue weighted by Gasteiger charge is 2.27. The number of nitrogens with zero attached hydrogens (tertiary/aromatic N) is 1. The minimum absolute atomic E-state index is 0.00470. The van der Waals surface area contributed by atoms with Crippen molar-refractivity contribution in [3.05, 3.63) is 87.1 Å². The van der Waals surface area contributed by atoms with Crippen LogP contribution in [0.1, 0.15) is 51.7 Å². The van der Waals surface area contributed by atoms with Crippen molar-refractivity contribution >= 4 is 34.3 Å². The first kappa shape index (κ1) is 25.1. The lowest BCUT2D eigenvalue weighted by Crippen LogP contribution is -2.16. The average molecular weight is 505 g/mol. The van der Waals surface area contributed by atoms with E-state index < -0.39 is 11.9 Å². The lowest BCUT2D eigenvalue weighted by Gasteiger charge is -2.12. The Morgan fingerprint density at radius 1 is 1.14 bits per heavy atom. The highest BCUT2D eigenvalue weighted by Crippen LogP contribution is 2.39. The van der Waals surface area contributed by atoms with Crippen molar-refractivity contribution in [2.45, 2.75) is 39.2 Å². The Morgan fingerprint density at radius 3 is 2.67 bits per heavy atom. The summed E-state index contributed by atoms with van der Waals surface area (Å²) in [7, 11) is 0. The second kappa shape index (κ2) is 11.6. The average Bonchev–Trinajstić information content (AvgIpc) is 3.25. The molecule has 6 nitrogen and oxygen atoms in total. The van der Waals surface area contributed by atoms with E-state index in [1.165, 1.54) is 23.5 Å². The van der Waals surface area contributed by atoms with Crippen LogP contribution in [0.25, 0.3) is 6.08 Å². The molecule has 0 saturated carbocycles. The van der Waals surface area contributed by atoms with E-state index in [0.29, 0.717) is 27.4 Å². The SMILES string of the molecule is CCOC(=O)c1c(NC(=O)C(C#N)=Cc2ccccc2OCc2ccccc2F)sc2c1CCCC2. The van der Waals surface area contributed by atoms with E-state index in [1.807, 2.05) is 6.07 Å². The molecule has 1 aliphatic rings. The van der Waals surface area contributed by atoms with Crippen LogP contribution in [0.2, 0.25) is 0 Å². The maximum absolute atomic E-state index is 14.0. The van der Waals surface area contributed by atoms with Gasteiger partial charge >= 0.3 is 5.97 Å². The van der Waals surface area contributed by atoms with Crippen LogP contribution in [0.5, 0.6) is 5.75 Å². The number of esters is 1. The summed E-state index contributed by atoms with van der Waals surface area (Å²) in [6, 6.07) is 15.1. The molecule has 1 heterocycles. The van der Waals surface area contributed by atoms with Crippen LogP contribution in [0.4, 0.5) is 9.39 Å². The lowest BCUT2D eigenvalue weighted by molar-refractivity contribution is -0.112. The van der Waals surface area contributed by atoms with E-state index >= 15 is 0 Å². The summed E-state index contributed by atoms with van der Waals surface area (Å²) >= 11 is 1.36. The van der Waals surface area contributed by atoms with Gasteiger partial charge in [-0.1, -0.05) is 36.4 Å². The Hall–Kier alpha value is -3.96. The summed E-state index contributed by atoms with van der Waals surface area (Å²) in [6.45, 7) is 1.95. The summed E-state index contributed by atoms with van der Waals surface area (Å²) in [5.41, 5.74) is 2.04. The first-order valence-electron chi connectivity index (χ1n) is 11.7. The third-order valence-electron chi connectivity index (χ3n) is 5.80. The number of rotatable bonds is 8. The van der Waals surface area contributed by atoms with Gasteiger partial charge in [0.25, 0.3) is 5.91 Å². The number of halogens is 1. The largest absolute Gasteiger partial charge is 0.488 e. The molecular weight excluding hydrogens is 479 g/mol. The van der Waals surface area contributed by atoms with Gasteiger partial charge in [-0.05, 0) is 56.4 Å². The molecule has 1 aliphatic carbocycles. The minimum atomic E-state index is -0.634. The van der Waals surface area contributed by atoms with E-state index in [2.05, 4.69) is 5.32 Å². The number of nitriles is 1. The van der Waals surface area contributed by atoms with Gasteiger partial charge in [0.05, 0.1) is 12.2 Å². The van der Waals surface area contributed by atoms with Crippen molar-refractivity contribution in [3.63, 3.8) is 0 Å². The zero-order valence-corrected chi connectivity index (χ0v) is 20.6. The van der Waals surface area contributed by atoms with Gasteiger partial charge in [0.1, 0.15) is 34.8 Å². The van der Waals surface area contributed by atoms with Crippen molar-refractivity contribution in [2.24, 2.45) is 0 Å². The normalized spacial score (nSPS) is 12.9. The lowest BCUT2D eigenvalue weighted by atomic mass is 9.95. The number of para-hydroxylation sites is 1. The molecule has 3 aromatic rings. The predicted molar refractivity (Wildman–Crippen MR) is 136 cm³/mol. The number of carbonyl (C=O) groups excluding carboxylic acids is 2. The van der Waals surface area contributed by atoms with Crippen LogP contribution in [0.15, 0.2) is 54.1 Å². The number of carbonyl (C=O) groups is 2. The number of hydrogen-bond donors (Lipinski definition) is 1. The van der Waals surface area contributed by atoms with Crippen LogP contribution in [0, 0.1) is 17.1 Å². The van der Waals surface area contributed by atoms with Crippen LogP contribution in [0.3, 0.4) is 0 Å². The molecule has 1 N–H and O–H groups in total. The molecule has 0 saturated heterocycles. The summed E-state index contributed by atoms with van der Waals surface area (Å²) in [4.78, 5) is 26.8. The quantitative estimate of drug-likeness (QED) is 0.229. The van der Waals surface area contributed by atoms with Gasteiger partial charge in [-0.2, -0.15) is 5.26 Å². The minimum Gasteiger partial charge on any atom is -0.488 e. The molecule has 0 unspecified atom stereocenters. The van der Waals surface area contributed by atoms with Crippen molar-refractivity contribution in [3.8, 4) is 11.8 Å². The van der Waals surface area contributed by atoms with Gasteiger partial charge in [-0.25, -0.2) is 9.18 Å². The van der Waals surface area contributed by atoms with Crippen LogP contribution < -0.4 is 10.1 Å². The van der Waals surface area contributed by atoms with Gasteiger partial charge in [-0.15, -0.1) is 11.3 Å². The summed E-state index contributed by atoms with van der Waals surface area (Å²) in [5, 5.41) is 12.9. The second-order valence-electron chi connectivity index (χ2n) is 8.18. The number of anilines is 1. The van der Waals surface area contributed by atoms with Crippen molar-refractivity contribution < 1.29 is 23.5 Å². The van der Waals surface area contributed by atoms with Crippen LogP contribution in [-0.2, 0) is 29.0 Å². The van der Waals surface area contributed by atoms with Gasteiger partial charge in [0.15, 0.2) is 0 Å². The Kier molecular flexibility index (Phi) is 8.13. The topological polar surface area (TPSA) is 88.4 Å². The predicted octanol–water partition coefficient (Wildman–Crippen LogP) is 6.07. The highest BCUT2D eigenvalue weighted by molar-refractivity contribution is 7.17. The van der Waals surface area contributed by atoms with E-state index in [-0.39, 0.29) is 24.6 Å². The molecule has 0 aliphatic heterocycles. The number of thiophene rings is 1. The third-order valence-corrected chi connectivity index (χ3v) is 7.01. The molecule has 0 radical (unpaired) electrons. The number of fused-ring (bicyclic) bond motifs is 1. The molecule has 0 spiro atoms. The van der Waals surface area contributed by atoms with Gasteiger partial charge in [0, 0.05) is 16.0 Å². The van der Waals surface area contributed by atoms with E-state index in [4.69, 9.17) is 9.47 Å². The van der Waals surface area contributed by atoms with Crippen molar-refractivity contribution in [2.75, 3.05) is 11.9 Å². The molecule has 0 fully saturated rings.